The van der Waals surface area contributed by atoms with Gasteiger partial charge in [-0.05, 0) is 48.9 Å². The van der Waals surface area contributed by atoms with Crippen molar-refractivity contribution in [3.63, 3.8) is 0 Å². The van der Waals surface area contributed by atoms with Crippen LogP contribution in [-0.2, 0) is 6.18 Å². The molecular weight excluding hydrogens is 421 g/mol. The number of benzene rings is 2. The molecule has 0 fully saturated rings. The Labute approximate surface area is 172 Å². The molecule has 0 aliphatic rings. The third-order valence-electron chi connectivity index (χ3n) is 4.50. The Bertz CT molecular complexity index is 1200. The highest BCUT2D eigenvalue weighted by Gasteiger charge is 2.31. The number of carbonyl (C=O) groups is 1. The van der Waals surface area contributed by atoms with Gasteiger partial charge in [0.05, 0.1) is 22.9 Å². The molecule has 2 aromatic carbocycles. The van der Waals surface area contributed by atoms with Crippen molar-refractivity contribution in [2.75, 3.05) is 5.73 Å². The van der Waals surface area contributed by atoms with Gasteiger partial charge in [-0.25, -0.2) is 8.78 Å². The summed E-state index contributed by atoms with van der Waals surface area (Å²) in [6.45, 7) is 1.46. The molecule has 1 aromatic heterocycles. The minimum absolute atomic E-state index is 0.0601. The number of nitrogens with two attached hydrogens (primary N) is 1. The molecule has 3 aromatic rings. The van der Waals surface area contributed by atoms with Crippen molar-refractivity contribution >= 4 is 11.6 Å². The number of aromatic nitrogens is 1. The molecule has 0 aliphatic heterocycles. The molecule has 0 saturated heterocycles. The first kappa shape index (κ1) is 22.0. The number of nitrogens with zero attached hydrogens (tertiary/aromatic N) is 1. The summed E-state index contributed by atoms with van der Waals surface area (Å²) in [6.07, 6.45) is -3.55. The lowest BCUT2D eigenvalue weighted by atomic mass is 10.0. The van der Waals surface area contributed by atoms with Crippen LogP contribution >= 0.6 is 0 Å². The van der Waals surface area contributed by atoms with Crippen molar-refractivity contribution in [3.05, 3.63) is 93.4 Å². The summed E-state index contributed by atoms with van der Waals surface area (Å²) in [4.78, 5) is 24.7. The minimum Gasteiger partial charge on any atom is -0.399 e. The average molecular weight is 437 g/mol. The number of anilines is 1. The summed E-state index contributed by atoms with van der Waals surface area (Å²) in [5, 5.41) is 2.51. The first-order chi connectivity index (χ1) is 14.5. The first-order valence-corrected chi connectivity index (χ1v) is 8.92. The Morgan fingerprint density at radius 1 is 1.06 bits per heavy atom. The van der Waals surface area contributed by atoms with E-state index in [2.05, 4.69) is 5.32 Å². The SMILES string of the molecule is C[C@@H](NC(=O)c1ccc(=O)n(-c2ccc(F)cc2F)c1)c1cc(N)cc(C(F)(F)F)c1. The largest absolute Gasteiger partial charge is 0.416 e. The molecule has 1 atom stereocenters. The van der Waals surface area contributed by atoms with Crippen molar-refractivity contribution in [2.24, 2.45) is 0 Å². The van der Waals surface area contributed by atoms with Crippen LogP contribution in [0.2, 0.25) is 0 Å². The van der Waals surface area contributed by atoms with Crippen molar-refractivity contribution in [1.82, 2.24) is 9.88 Å². The zero-order valence-electron chi connectivity index (χ0n) is 16.0. The van der Waals surface area contributed by atoms with Crippen LogP contribution in [-0.4, -0.2) is 10.5 Å². The molecule has 3 N–H and O–H groups in total. The second-order valence-electron chi connectivity index (χ2n) is 6.80. The van der Waals surface area contributed by atoms with Gasteiger partial charge in [0.1, 0.15) is 11.6 Å². The number of nitrogens with one attached hydrogen (secondary N) is 1. The third-order valence-corrected chi connectivity index (χ3v) is 4.50. The topological polar surface area (TPSA) is 77.1 Å². The maximum absolute atomic E-state index is 14.0. The number of rotatable bonds is 4. The summed E-state index contributed by atoms with van der Waals surface area (Å²) in [6, 6.07) is 6.89. The van der Waals surface area contributed by atoms with Crippen LogP contribution in [0.1, 0.15) is 34.5 Å². The fraction of sp³-hybridized carbons (Fsp3) is 0.143. The van der Waals surface area contributed by atoms with E-state index in [1.165, 1.54) is 19.1 Å². The van der Waals surface area contributed by atoms with E-state index in [0.717, 1.165) is 41.1 Å². The molecule has 5 nitrogen and oxygen atoms in total. The lowest BCUT2D eigenvalue weighted by Gasteiger charge is -2.17. The lowest BCUT2D eigenvalue weighted by molar-refractivity contribution is -0.137. The van der Waals surface area contributed by atoms with Gasteiger partial charge < -0.3 is 11.1 Å². The van der Waals surface area contributed by atoms with Gasteiger partial charge in [-0.2, -0.15) is 13.2 Å². The zero-order chi connectivity index (χ0) is 22.9. The van der Waals surface area contributed by atoms with Crippen LogP contribution in [0.5, 0.6) is 0 Å². The molecule has 0 radical (unpaired) electrons. The summed E-state index contributed by atoms with van der Waals surface area (Å²) in [5.41, 5.74) is 3.61. The molecule has 10 heteroatoms. The Balaban J connectivity index is 1.89. The minimum atomic E-state index is -4.61. The van der Waals surface area contributed by atoms with Crippen LogP contribution < -0.4 is 16.6 Å². The second-order valence-corrected chi connectivity index (χ2v) is 6.80. The van der Waals surface area contributed by atoms with Crippen LogP contribution in [0.25, 0.3) is 5.69 Å². The highest BCUT2D eigenvalue weighted by molar-refractivity contribution is 5.94. The van der Waals surface area contributed by atoms with Gasteiger partial charge in [0.25, 0.3) is 11.5 Å². The van der Waals surface area contributed by atoms with Crippen molar-refractivity contribution in [1.29, 1.82) is 0 Å². The van der Waals surface area contributed by atoms with E-state index < -0.39 is 40.9 Å². The Morgan fingerprint density at radius 3 is 2.42 bits per heavy atom. The summed E-state index contributed by atoms with van der Waals surface area (Å²) in [7, 11) is 0. The number of hydrogen-bond acceptors (Lipinski definition) is 3. The van der Waals surface area contributed by atoms with E-state index in [4.69, 9.17) is 5.73 Å². The predicted molar refractivity (Wildman–Crippen MR) is 104 cm³/mol. The Kier molecular flexibility index (Phi) is 5.83. The van der Waals surface area contributed by atoms with Crippen LogP contribution in [0, 0.1) is 11.6 Å². The molecule has 0 bridgehead atoms. The fourth-order valence-corrected chi connectivity index (χ4v) is 2.94. The van der Waals surface area contributed by atoms with Gasteiger partial charge in [-0.15, -0.1) is 0 Å². The molecule has 0 saturated carbocycles. The maximum Gasteiger partial charge on any atom is 0.416 e. The van der Waals surface area contributed by atoms with E-state index in [9.17, 15) is 31.5 Å². The van der Waals surface area contributed by atoms with Gasteiger partial charge in [0.2, 0.25) is 0 Å². The number of amides is 1. The predicted octanol–water partition coefficient (Wildman–Crippen LogP) is 4.21. The van der Waals surface area contributed by atoms with E-state index in [1.807, 2.05) is 0 Å². The van der Waals surface area contributed by atoms with Gasteiger partial charge in [0, 0.05) is 24.0 Å². The van der Waals surface area contributed by atoms with Crippen LogP contribution in [0.15, 0.2) is 59.5 Å². The standard InChI is InChI=1S/C21H16F5N3O2/c1-11(13-6-14(21(24,25)26)8-16(27)7-13)28-20(31)12-2-5-19(30)29(10-12)18-4-3-15(22)9-17(18)23/h2-11H,27H2,1H3,(H,28,31)/t11-/m1/s1. The highest BCUT2D eigenvalue weighted by atomic mass is 19.4. The van der Waals surface area contributed by atoms with Crippen LogP contribution in [0.3, 0.4) is 0 Å². The quantitative estimate of drug-likeness (QED) is 0.474. The zero-order valence-corrected chi connectivity index (χ0v) is 16.0. The normalized spacial score (nSPS) is 12.5. The van der Waals surface area contributed by atoms with Gasteiger partial charge in [0.15, 0.2) is 0 Å². The van der Waals surface area contributed by atoms with Crippen LogP contribution in [0.4, 0.5) is 27.6 Å². The van der Waals surface area contributed by atoms with E-state index >= 15 is 0 Å². The summed E-state index contributed by atoms with van der Waals surface area (Å²) < 4.78 is 67.0. The number of halogens is 5. The monoisotopic (exact) mass is 437 g/mol. The number of carbonyl (C=O) groups excluding carboxylic acids is 1. The van der Waals surface area contributed by atoms with Gasteiger partial charge in [-0.3, -0.25) is 14.2 Å². The molecule has 0 aliphatic carbocycles. The fourth-order valence-electron chi connectivity index (χ4n) is 2.94. The molecule has 162 valence electrons. The maximum atomic E-state index is 14.0. The average Bonchev–Trinajstić information content (AvgIpc) is 2.67. The van der Waals surface area contributed by atoms with E-state index in [-0.39, 0.29) is 22.5 Å². The second kappa shape index (κ2) is 8.21. The Hall–Kier alpha value is -3.69. The number of pyridine rings is 1. The number of hydrogen-bond donors (Lipinski definition) is 2. The van der Waals surface area contributed by atoms with Crippen molar-refractivity contribution in [2.45, 2.75) is 19.1 Å². The van der Waals surface area contributed by atoms with E-state index in [1.54, 1.807) is 0 Å². The molecule has 0 spiro atoms. The molecular formula is C21H16F5N3O2. The third kappa shape index (κ3) is 4.90. The molecule has 1 heterocycles. The number of nitrogen functional groups attached to an aromatic ring is 1. The summed E-state index contributed by atoms with van der Waals surface area (Å²) >= 11 is 0. The highest BCUT2D eigenvalue weighted by Crippen LogP contribution is 2.32. The van der Waals surface area contributed by atoms with Gasteiger partial charge in [-0.1, -0.05) is 0 Å². The van der Waals surface area contributed by atoms with E-state index in [0.29, 0.717) is 6.07 Å². The smallest absolute Gasteiger partial charge is 0.399 e. The molecule has 1 amide bonds. The molecule has 0 unspecified atom stereocenters. The summed E-state index contributed by atoms with van der Waals surface area (Å²) in [5.74, 6) is -2.57. The van der Waals surface area contributed by atoms with Gasteiger partial charge >= 0.3 is 6.18 Å². The lowest BCUT2D eigenvalue weighted by Crippen LogP contribution is -2.29. The van der Waals surface area contributed by atoms with Crippen molar-refractivity contribution < 1.29 is 26.7 Å². The first-order valence-electron chi connectivity index (χ1n) is 8.92. The number of alkyl halides is 3. The Morgan fingerprint density at radius 2 is 1.77 bits per heavy atom. The molecule has 3 rings (SSSR count). The molecule has 31 heavy (non-hydrogen) atoms. The van der Waals surface area contributed by atoms with Crippen molar-refractivity contribution in [3.8, 4) is 5.69 Å².